The highest BCUT2D eigenvalue weighted by atomic mass is 35.5. The van der Waals surface area contributed by atoms with Gasteiger partial charge >= 0.3 is 0 Å². The highest BCUT2D eigenvalue weighted by Crippen LogP contribution is 2.56. The van der Waals surface area contributed by atoms with E-state index in [0.717, 1.165) is 50.8 Å². The lowest BCUT2D eigenvalue weighted by Gasteiger charge is -2.32. The summed E-state index contributed by atoms with van der Waals surface area (Å²) in [5, 5.41) is 0. The third kappa shape index (κ3) is 3.91. The van der Waals surface area contributed by atoms with Crippen molar-refractivity contribution in [3.05, 3.63) is 0 Å². The van der Waals surface area contributed by atoms with Gasteiger partial charge in [-0.05, 0) is 50.5 Å². The summed E-state index contributed by atoms with van der Waals surface area (Å²) in [7, 11) is 0. The van der Waals surface area contributed by atoms with Crippen LogP contribution in [-0.4, -0.2) is 43.2 Å². The first-order chi connectivity index (χ1) is 9.81. The lowest BCUT2D eigenvalue weighted by Crippen LogP contribution is -2.42. The predicted molar refractivity (Wildman–Crippen MR) is 85.4 cm³/mol. The molecule has 0 bridgehead atoms. The third-order valence-corrected chi connectivity index (χ3v) is 5.40. The monoisotopic (exact) mass is 316 g/mol. The summed E-state index contributed by atoms with van der Waals surface area (Å²) in [6.45, 7) is 3.24. The second-order valence-corrected chi connectivity index (χ2v) is 6.68. The van der Waals surface area contributed by atoms with Gasteiger partial charge in [0, 0.05) is 25.6 Å². The zero-order valence-electron chi connectivity index (χ0n) is 12.8. The first kappa shape index (κ1) is 17.0. The molecule has 3 rings (SSSR count). The number of hydrogen-bond acceptors (Lipinski definition) is 3. The van der Waals surface area contributed by atoms with Gasteiger partial charge in [0.15, 0.2) is 0 Å². The van der Waals surface area contributed by atoms with E-state index in [0.29, 0.717) is 24.5 Å². The lowest BCUT2D eigenvalue weighted by atomic mass is 10.0. The molecule has 1 saturated heterocycles. The zero-order chi connectivity index (χ0) is 13.9. The minimum Gasteiger partial charge on any atom is -0.378 e. The maximum atomic E-state index is 12.6. The summed E-state index contributed by atoms with van der Waals surface area (Å²) in [4.78, 5) is 14.7. The lowest BCUT2D eigenvalue weighted by molar-refractivity contribution is -0.135. The second kappa shape index (κ2) is 7.80. The van der Waals surface area contributed by atoms with Crippen molar-refractivity contribution in [2.75, 3.05) is 26.2 Å². The Labute approximate surface area is 134 Å². The zero-order valence-corrected chi connectivity index (χ0v) is 13.7. The van der Waals surface area contributed by atoms with Crippen molar-refractivity contribution in [3.63, 3.8) is 0 Å². The van der Waals surface area contributed by atoms with E-state index in [4.69, 9.17) is 10.5 Å². The molecule has 0 aromatic carbocycles. The molecule has 3 fully saturated rings. The molecular weight excluding hydrogens is 288 g/mol. The first-order valence-electron chi connectivity index (χ1n) is 8.41. The highest BCUT2D eigenvalue weighted by Gasteiger charge is 2.55. The van der Waals surface area contributed by atoms with Gasteiger partial charge in [-0.2, -0.15) is 0 Å². The fourth-order valence-corrected chi connectivity index (χ4v) is 4.15. The largest absolute Gasteiger partial charge is 0.378 e. The van der Waals surface area contributed by atoms with Crippen molar-refractivity contribution in [3.8, 4) is 0 Å². The van der Waals surface area contributed by atoms with Crippen molar-refractivity contribution in [1.29, 1.82) is 0 Å². The summed E-state index contributed by atoms with van der Waals surface area (Å²) in [6, 6.07) is 0. The number of likely N-dealkylation sites (tertiary alicyclic amines) is 1. The van der Waals surface area contributed by atoms with Crippen LogP contribution in [0.4, 0.5) is 0 Å². The average molecular weight is 317 g/mol. The van der Waals surface area contributed by atoms with Gasteiger partial charge in [-0.25, -0.2) is 0 Å². The Morgan fingerprint density at radius 1 is 1.10 bits per heavy atom. The van der Waals surface area contributed by atoms with Crippen molar-refractivity contribution >= 4 is 18.3 Å². The molecule has 5 heteroatoms. The van der Waals surface area contributed by atoms with E-state index in [1.54, 1.807) is 0 Å². The molecular formula is C16H29ClN2O2. The van der Waals surface area contributed by atoms with Crippen LogP contribution in [0.25, 0.3) is 0 Å². The van der Waals surface area contributed by atoms with Crippen molar-refractivity contribution in [1.82, 2.24) is 4.90 Å². The Morgan fingerprint density at radius 3 is 2.29 bits per heavy atom. The molecule has 2 N–H and O–H groups in total. The molecule has 3 aliphatic rings. The molecule has 1 heterocycles. The number of ether oxygens (including phenoxy) is 1. The molecule has 0 radical (unpaired) electrons. The predicted octanol–water partition coefficient (Wildman–Crippen LogP) is 2.20. The average Bonchev–Trinajstić information content (AvgIpc) is 3.22. The Hall–Kier alpha value is -0.320. The second-order valence-electron chi connectivity index (χ2n) is 6.68. The number of nitrogens with two attached hydrogens (primary N) is 1. The van der Waals surface area contributed by atoms with E-state index < -0.39 is 0 Å². The van der Waals surface area contributed by atoms with Gasteiger partial charge in [0.2, 0.25) is 5.91 Å². The fraction of sp³-hybridized carbons (Fsp3) is 0.938. The molecule has 2 saturated carbocycles. The van der Waals surface area contributed by atoms with Crippen molar-refractivity contribution < 1.29 is 9.53 Å². The molecule has 1 aliphatic heterocycles. The molecule has 0 spiro atoms. The minimum absolute atomic E-state index is 0. The summed E-state index contributed by atoms with van der Waals surface area (Å²) in [5.74, 6) is 2.29. The van der Waals surface area contributed by atoms with Crippen LogP contribution in [0.3, 0.4) is 0 Å². The van der Waals surface area contributed by atoms with Crippen LogP contribution < -0.4 is 5.73 Å². The summed E-state index contributed by atoms with van der Waals surface area (Å²) >= 11 is 0. The van der Waals surface area contributed by atoms with Gasteiger partial charge in [-0.15, -0.1) is 12.4 Å². The molecule has 122 valence electrons. The van der Waals surface area contributed by atoms with Crippen LogP contribution in [0.5, 0.6) is 0 Å². The molecule has 1 amide bonds. The van der Waals surface area contributed by atoms with Crippen molar-refractivity contribution in [2.45, 2.75) is 51.0 Å². The Morgan fingerprint density at radius 2 is 1.71 bits per heavy atom. The number of amides is 1. The Bertz CT molecular complexity index is 333. The van der Waals surface area contributed by atoms with Crippen LogP contribution >= 0.6 is 12.4 Å². The van der Waals surface area contributed by atoms with Crippen LogP contribution in [0, 0.1) is 17.8 Å². The number of nitrogens with zero attached hydrogens (tertiary/aromatic N) is 1. The molecule has 2 atom stereocenters. The smallest absolute Gasteiger partial charge is 0.226 e. The third-order valence-electron chi connectivity index (χ3n) is 5.40. The van der Waals surface area contributed by atoms with E-state index in [9.17, 15) is 4.79 Å². The number of carbonyl (C=O) groups excluding carboxylic acids is 1. The molecule has 2 unspecified atom stereocenters. The number of piperidine rings is 1. The van der Waals surface area contributed by atoms with Gasteiger partial charge < -0.3 is 15.4 Å². The number of halogens is 1. The quantitative estimate of drug-likeness (QED) is 0.791. The van der Waals surface area contributed by atoms with Crippen molar-refractivity contribution in [2.24, 2.45) is 23.5 Å². The number of hydrogen-bond donors (Lipinski definition) is 1. The number of rotatable bonds is 5. The van der Waals surface area contributed by atoms with Gasteiger partial charge in [-0.3, -0.25) is 4.79 Å². The molecule has 21 heavy (non-hydrogen) atoms. The topological polar surface area (TPSA) is 55.6 Å². The van der Waals surface area contributed by atoms with Gasteiger partial charge in [0.05, 0.1) is 6.10 Å². The van der Waals surface area contributed by atoms with E-state index >= 15 is 0 Å². The van der Waals surface area contributed by atoms with E-state index in [-0.39, 0.29) is 12.4 Å². The standard InChI is InChI=1S/C16H28N2O2.ClH/c17-8-3-11-20-12-6-9-18(10-7-12)16(19)15-13-4-1-2-5-14(13)15;/h12-15H,1-11,17H2;1H. The summed E-state index contributed by atoms with van der Waals surface area (Å²) in [6.07, 6.45) is 8.53. The Kier molecular flexibility index (Phi) is 6.33. The van der Waals surface area contributed by atoms with Gasteiger partial charge in [0.25, 0.3) is 0 Å². The maximum absolute atomic E-state index is 12.6. The summed E-state index contributed by atoms with van der Waals surface area (Å²) < 4.78 is 5.80. The van der Waals surface area contributed by atoms with Crippen LogP contribution in [0.2, 0.25) is 0 Å². The molecule has 4 nitrogen and oxygen atoms in total. The normalized spacial score (nSPS) is 32.2. The molecule has 0 aromatic heterocycles. The maximum Gasteiger partial charge on any atom is 0.226 e. The minimum atomic E-state index is 0. The number of carbonyl (C=O) groups is 1. The first-order valence-corrected chi connectivity index (χ1v) is 8.41. The summed E-state index contributed by atoms with van der Waals surface area (Å²) in [5.41, 5.74) is 5.47. The molecule has 2 aliphatic carbocycles. The van der Waals surface area contributed by atoms with E-state index in [1.807, 2.05) is 0 Å². The van der Waals surface area contributed by atoms with Gasteiger partial charge in [0.1, 0.15) is 0 Å². The van der Waals surface area contributed by atoms with E-state index in [1.165, 1.54) is 25.7 Å². The SMILES string of the molecule is Cl.NCCCOC1CCN(C(=O)C2C3CCCCC32)CC1. The molecule has 0 aromatic rings. The van der Waals surface area contributed by atoms with Crippen LogP contribution in [0.15, 0.2) is 0 Å². The fourth-order valence-electron chi connectivity index (χ4n) is 4.15. The Balaban J connectivity index is 0.00000161. The van der Waals surface area contributed by atoms with Crippen LogP contribution in [-0.2, 0) is 9.53 Å². The van der Waals surface area contributed by atoms with Gasteiger partial charge in [-0.1, -0.05) is 12.8 Å². The highest BCUT2D eigenvalue weighted by molar-refractivity contribution is 5.85. The number of fused-ring (bicyclic) bond motifs is 1. The van der Waals surface area contributed by atoms with Crippen LogP contribution in [0.1, 0.15) is 44.9 Å². The van der Waals surface area contributed by atoms with E-state index in [2.05, 4.69) is 4.90 Å².